The van der Waals surface area contributed by atoms with E-state index in [0.717, 1.165) is 56.4 Å². The number of benzene rings is 1. The first kappa shape index (κ1) is 21.3. The van der Waals surface area contributed by atoms with Crippen LogP contribution in [0, 0.1) is 0 Å². The number of aryl methyl sites for hydroxylation is 2. The van der Waals surface area contributed by atoms with Crippen LogP contribution >= 0.6 is 0 Å². The van der Waals surface area contributed by atoms with E-state index in [1.54, 1.807) is 18.0 Å². The molecule has 2 aromatic rings. The van der Waals surface area contributed by atoms with Crippen molar-refractivity contribution < 1.29 is 14.3 Å². The number of ether oxygens (including phenoxy) is 1. The second kappa shape index (κ2) is 9.94. The minimum Gasteiger partial charge on any atom is -0.497 e. The molecule has 31 heavy (non-hydrogen) atoms. The van der Waals surface area contributed by atoms with Gasteiger partial charge in [-0.2, -0.15) is 0 Å². The minimum absolute atomic E-state index is 0.152. The maximum Gasteiger partial charge on any atom is 0.273 e. The highest BCUT2D eigenvalue weighted by Gasteiger charge is 2.27. The molecule has 4 rings (SSSR count). The van der Waals surface area contributed by atoms with Gasteiger partial charge in [0.2, 0.25) is 5.91 Å². The fourth-order valence-electron chi connectivity index (χ4n) is 4.13. The second-order valence-corrected chi connectivity index (χ2v) is 8.49. The molecule has 1 atom stereocenters. The summed E-state index contributed by atoms with van der Waals surface area (Å²) >= 11 is 0. The zero-order valence-electron chi connectivity index (χ0n) is 18.1. The van der Waals surface area contributed by atoms with Crippen molar-refractivity contribution in [2.24, 2.45) is 0 Å². The van der Waals surface area contributed by atoms with Crippen LogP contribution in [0.4, 0.5) is 0 Å². The van der Waals surface area contributed by atoms with Gasteiger partial charge in [0.15, 0.2) is 5.69 Å². The van der Waals surface area contributed by atoms with Gasteiger partial charge in [0.1, 0.15) is 5.75 Å². The van der Waals surface area contributed by atoms with Crippen molar-refractivity contribution in [3.05, 3.63) is 41.7 Å². The van der Waals surface area contributed by atoms with Gasteiger partial charge in [-0.25, -0.2) is 0 Å². The van der Waals surface area contributed by atoms with E-state index < -0.39 is 0 Å². The van der Waals surface area contributed by atoms with E-state index in [4.69, 9.17) is 4.74 Å². The largest absolute Gasteiger partial charge is 0.497 e. The maximum absolute atomic E-state index is 13.0. The second-order valence-electron chi connectivity index (χ2n) is 8.49. The van der Waals surface area contributed by atoms with Crippen LogP contribution < -0.4 is 10.1 Å². The van der Waals surface area contributed by atoms with Crippen LogP contribution in [0.25, 0.3) is 0 Å². The molecule has 1 aliphatic heterocycles. The molecular weight excluding hydrogens is 394 g/mol. The summed E-state index contributed by atoms with van der Waals surface area (Å²) in [5.41, 5.74) is 1.47. The van der Waals surface area contributed by atoms with Crippen molar-refractivity contribution in [2.75, 3.05) is 13.7 Å². The van der Waals surface area contributed by atoms with Crippen molar-refractivity contribution in [3.8, 4) is 5.75 Å². The van der Waals surface area contributed by atoms with Crippen LogP contribution in [0.1, 0.15) is 61.0 Å². The molecule has 2 fully saturated rings. The number of likely N-dealkylation sites (tertiary alicyclic amines) is 1. The highest BCUT2D eigenvalue weighted by Crippen LogP contribution is 2.23. The summed E-state index contributed by atoms with van der Waals surface area (Å²) in [7, 11) is 1.65. The molecule has 2 heterocycles. The van der Waals surface area contributed by atoms with E-state index in [2.05, 4.69) is 15.6 Å². The minimum atomic E-state index is -0.152. The smallest absolute Gasteiger partial charge is 0.273 e. The van der Waals surface area contributed by atoms with Gasteiger partial charge < -0.3 is 15.0 Å². The predicted octanol–water partition coefficient (Wildman–Crippen LogP) is 2.58. The first-order valence-electron chi connectivity index (χ1n) is 11.3. The Morgan fingerprint density at radius 3 is 2.90 bits per heavy atom. The number of aromatic nitrogens is 3. The van der Waals surface area contributed by atoms with Gasteiger partial charge in [-0.05, 0) is 62.6 Å². The summed E-state index contributed by atoms with van der Waals surface area (Å²) in [6.07, 6.45) is 9.02. The molecule has 1 aromatic carbocycles. The number of hydrogen-bond acceptors (Lipinski definition) is 5. The normalized spacial score (nSPS) is 18.6. The number of nitrogens with one attached hydrogen (secondary N) is 1. The van der Waals surface area contributed by atoms with Crippen molar-refractivity contribution in [1.29, 1.82) is 0 Å². The summed E-state index contributed by atoms with van der Waals surface area (Å²) < 4.78 is 6.99. The van der Waals surface area contributed by atoms with Gasteiger partial charge in [-0.15, -0.1) is 5.10 Å². The first-order valence-corrected chi connectivity index (χ1v) is 11.3. The number of piperidine rings is 1. The maximum atomic E-state index is 13.0. The lowest BCUT2D eigenvalue weighted by Gasteiger charge is -2.36. The predicted molar refractivity (Wildman–Crippen MR) is 116 cm³/mol. The third-order valence-corrected chi connectivity index (χ3v) is 6.08. The Bertz CT molecular complexity index is 908. The Hall–Kier alpha value is -2.90. The molecule has 166 valence electrons. The Morgan fingerprint density at radius 1 is 1.23 bits per heavy atom. The number of methoxy groups -OCH3 is 1. The molecule has 0 unspecified atom stereocenters. The number of rotatable bonds is 9. The number of nitrogens with zero attached hydrogens (tertiary/aromatic N) is 4. The molecule has 0 spiro atoms. The number of amides is 2. The fourth-order valence-corrected chi connectivity index (χ4v) is 4.13. The third-order valence-electron chi connectivity index (χ3n) is 6.08. The Balaban J connectivity index is 1.29. The van der Waals surface area contributed by atoms with E-state index in [1.165, 1.54) is 0 Å². The van der Waals surface area contributed by atoms with Gasteiger partial charge in [-0.1, -0.05) is 17.3 Å². The molecule has 0 bridgehead atoms. The molecule has 1 aromatic heterocycles. The topological polar surface area (TPSA) is 89.4 Å². The average Bonchev–Trinajstić information content (AvgIpc) is 3.49. The van der Waals surface area contributed by atoms with Crippen LogP contribution in [0.15, 0.2) is 30.5 Å². The lowest BCUT2D eigenvalue weighted by Crippen LogP contribution is -2.44. The van der Waals surface area contributed by atoms with E-state index in [-0.39, 0.29) is 17.9 Å². The quantitative estimate of drug-likeness (QED) is 0.667. The summed E-state index contributed by atoms with van der Waals surface area (Å²) in [5, 5.41) is 11.0. The summed E-state index contributed by atoms with van der Waals surface area (Å²) in [5.74, 6) is 0.871. The van der Waals surface area contributed by atoms with Crippen LogP contribution in [-0.2, 0) is 17.8 Å². The zero-order chi connectivity index (χ0) is 21.6. The van der Waals surface area contributed by atoms with Crippen molar-refractivity contribution in [1.82, 2.24) is 25.2 Å². The third kappa shape index (κ3) is 5.83. The molecule has 8 nitrogen and oxygen atoms in total. The highest BCUT2D eigenvalue weighted by molar-refractivity contribution is 5.92. The highest BCUT2D eigenvalue weighted by atomic mass is 16.5. The van der Waals surface area contributed by atoms with Crippen LogP contribution in [0.3, 0.4) is 0 Å². The molecule has 1 saturated heterocycles. The zero-order valence-corrected chi connectivity index (χ0v) is 18.1. The fraction of sp³-hybridized carbons (Fsp3) is 0.565. The van der Waals surface area contributed by atoms with Gasteiger partial charge in [0.05, 0.1) is 13.3 Å². The Labute approximate surface area is 182 Å². The van der Waals surface area contributed by atoms with Crippen LogP contribution in [0.2, 0.25) is 0 Å². The molecule has 2 amide bonds. The average molecular weight is 426 g/mol. The molecule has 0 radical (unpaired) electrons. The lowest BCUT2D eigenvalue weighted by molar-refractivity contribution is -0.135. The van der Waals surface area contributed by atoms with Crippen LogP contribution in [0.5, 0.6) is 5.75 Å². The number of carbonyl (C=O) groups excluding carboxylic acids is 2. The summed E-state index contributed by atoms with van der Waals surface area (Å²) in [4.78, 5) is 27.1. The molecule has 1 N–H and O–H groups in total. The van der Waals surface area contributed by atoms with Gasteiger partial charge in [-0.3, -0.25) is 14.3 Å². The van der Waals surface area contributed by atoms with E-state index >= 15 is 0 Å². The van der Waals surface area contributed by atoms with E-state index in [0.29, 0.717) is 31.1 Å². The first-order chi connectivity index (χ1) is 15.1. The van der Waals surface area contributed by atoms with E-state index in [1.807, 2.05) is 29.2 Å². The summed E-state index contributed by atoms with van der Waals surface area (Å²) in [6.45, 7) is 1.46. The Kier molecular flexibility index (Phi) is 6.84. The number of carbonyl (C=O) groups is 2. The van der Waals surface area contributed by atoms with Crippen molar-refractivity contribution >= 4 is 11.8 Å². The molecule has 8 heteroatoms. The monoisotopic (exact) mass is 425 g/mol. The van der Waals surface area contributed by atoms with Crippen LogP contribution in [-0.4, -0.2) is 57.4 Å². The summed E-state index contributed by atoms with van der Waals surface area (Å²) in [6, 6.07) is 8.40. The molecule has 1 aliphatic carbocycles. The molecule has 2 aliphatic rings. The number of hydrogen-bond donors (Lipinski definition) is 1. The van der Waals surface area contributed by atoms with Crippen molar-refractivity contribution in [2.45, 2.75) is 70.0 Å². The van der Waals surface area contributed by atoms with Gasteiger partial charge in [0.25, 0.3) is 5.91 Å². The standard InChI is InChI=1S/C23H31N5O3/c1-31-20-7-4-5-17(15-20)8-11-22(29)28-13-3-2-6-19(28)12-14-27-16-21(25-26-27)23(30)24-18-9-10-18/h4-5,7,15-16,18-19H,2-3,6,8-14H2,1H3,(H,24,30)/t19-/m1/s1. The van der Waals surface area contributed by atoms with Gasteiger partial charge in [0, 0.05) is 31.6 Å². The molecular formula is C23H31N5O3. The van der Waals surface area contributed by atoms with Crippen molar-refractivity contribution in [3.63, 3.8) is 0 Å². The van der Waals surface area contributed by atoms with E-state index in [9.17, 15) is 9.59 Å². The Morgan fingerprint density at radius 2 is 2.10 bits per heavy atom. The molecule has 1 saturated carbocycles. The van der Waals surface area contributed by atoms with Gasteiger partial charge >= 0.3 is 0 Å². The lowest BCUT2D eigenvalue weighted by atomic mass is 9.98. The SMILES string of the molecule is COc1cccc(CCC(=O)N2CCCC[C@@H]2CCn2cc(C(=O)NC3CC3)nn2)c1.